The number of nitrogens with zero attached hydrogens (tertiary/aromatic N) is 2. The number of nitrogens with one attached hydrogen (secondary N) is 2. The lowest BCUT2D eigenvalue weighted by atomic mass is 9.99. The number of aromatic nitrogens is 2. The Morgan fingerprint density at radius 3 is 3.00 bits per heavy atom. The molecule has 2 amide bonds. The number of methoxy groups -OCH3 is 1. The number of ether oxygens (including phenoxy) is 1. The molecule has 0 unspecified atom stereocenters. The number of fused-ring (bicyclic) bond motifs is 4. The molecule has 8 nitrogen and oxygen atoms in total. The van der Waals surface area contributed by atoms with Crippen LogP contribution in [0.2, 0.25) is 0 Å². The predicted octanol–water partition coefficient (Wildman–Crippen LogP) is 2.44. The molecule has 1 aliphatic rings. The average Bonchev–Trinajstić information content (AvgIpc) is 3.15. The second-order valence-corrected chi connectivity index (χ2v) is 6.72. The zero-order valence-corrected chi connectivity index (χ0v) is 15.6. The molecule has 2 aromatic rings. The first kappa shape index (κ1) is 18.9. The molecule has 2 heterocycles. The van der Waals surface area contributed by atoms with Gasteiger partial charge in [0, 0.05) is 37.5 Å². The van der Waals surface area contributed by atoms with E-state index < -0.39 is 6.09 Å². The summed E-state index contributed by atoms with van der Waals surface area (Å²) in [5, 5.41) is 2.69. The van der Waals surface area contributed by atoms with Crippen LogP contribution < -0.4 is 11.1 Å². The zero-order valence-electron chi connectivity index (χ0n) is 15.6. The molecule has 0 radical (unpaired) electrons. The van der Waals surface area contributed by atoms with E-state index in [4.69, 9.17) is 5.73 Å². The molecule has 0 saturated carbocycles. The van der Waals surface area contributed by atoms with E-state index in [0.29, 0.717) is 30.9 Å². The van der Waals surface area contributed by atoms with Crippen LogP contribution in [0.15, 0.2) is 24.4 Å². The van der Waals surface area contributed by atoms with Crippen molar-refractivity contribution >= 4 is 17.7 Å². The number of carbonyl (C=O) groups is 2. The number of anilines is 1. The Labute approximate surface area is 158 Å². The van der Waals surface area contributed by atoms with Crippen LogP contribution in [-0.2, 0) is 16.0 Å². The number of aromatic amines is 1. The average molecular weight is 371 g/mol. The van der Waals surface area contributed by atoms with E-state index in [1.165, 1.54) is 7.11 Å². The third-order valence-corrected chi connectivity index (χ3v) is 4.80. The molecule has 0 aliphatic carbocycles. The number of rotatable bonds is 1. The summed E-state index contributed by atoms with van der Waals surface area (Å²) < 4.78 is 4.66. The highest BCUT2D eigenvalue weighted by atomic mass is 16.5. The van der Waals surface area contributed by atoms with E-state index in [-0.39, 0.29) is 11.9 Å². The molecule has 8 heteroatoms. The van der Waals surface area contributed by atoms with Crippen LogP contribution >= 0.6 is 0 Å². The van der Waals surface area contributed by atoms with Gasteiger partial charge < -0.3 is 20.4 Å². The van der Waals surface area contributed by atoms with E-state index in [2.05, 4.69) is 20.0 Å². The molecule has 0 saturated heterocycles. The lowest BCUT2D eigenvalue weighted by molar-refractivity contribution is -0.130. The Bertz CT molecular complexity index is 833. The van der Waals surface area contributed by atoms with Crippen molar-refractivity contribution in [1.82, 2.24) is 14.9 Å². The van der Waals surface area contributed by atoms with Crippen molar-refractivity contribution in [2.75, 3.05) is 26.0 Å². The number of imidazole rings is 1. The van der Waals surface area contributed by atoms with Crippen molar-refractivity contribution in [2.45, 2.75) is 31.7 Å². The SMILES string of the molecule is COC(=O)Nc1ccc2c(c1)CCCN(C)C(=O)CC[C@H](N)c1nc-2c[nH]1. The second kappa shape index (κ2) is 8.22. The first-order chi connectivity index (χ1) is 13.0. The molecule has 1 aliphatic heterocycles. The Morgan fingerprint density at radius 2 is 2.22 bits per heavy atom. The number of aryl methyl sites for hydroxylation is 1. The van der Waals surface area contributed by atoms with Crippen molar-refractivity contribution in [3.8, 4) is 11.3 Å². The van der Waals surface area contributed by atoms with E-state index in [0.717, 1.165) is 29.7 Å². The quantitative estimate of drug-likeness (QED) is 0.712. The molecule has 1 aromatic carbocycles. The monoisotopic (exact) mass is 371 g/mol. The topological polar surface area (TPSA) is 113 Å². The van der Waals surface area contributed by atoms with Gasteiger partial charge in [0.15, 0.2) is 0 Å². The first-order valence-corrected chi connectivity index (χ1v) is 9.01. The van der Waals surface area contributed by atoms with Gasteiger partial charge >= 0.3 is 6.09 Å². The summed E-state index contributed by atoms with van der Waals surface area (Å²) in [5.74, 6) is 0.750. The summed E-state index contributed by atoms with van der Waals surface area (Å²) in [6, 6.07) is 5.35. The summed E-state index contributed by atoms with van der Waals surface area (Å²) in [4.78, 5) is 33.3. The van der Waals surface area contributed by atoms with Gasteiger partial charge in [-0.1, -0.05) is 6.07 Å². The number of benzene rings is 1. The number of amides is 2. The normalized spacial score (nSPS) is 18.0. The molecule has 144 valence electrons. The second-order valence-electron chi connectivity index (χ2n) is 6.72. The third-order valence-electron chi connectivity index (χ3n) is 4.80. The minimum Gasteiger partial charge on any atom is -0.453 e. The number of nitrogens with two attached hydrogens (primary N) is 1. The first-order valence-electron chi connectivity index (χ1n) is 9.01. The van der Waals surface area contributed by atoms with Crippen LogP contribution in [0.4, 0.5) is 10.5 Å². The van der Waals surface area contributed by atoms with Gasteiger partial charge in [-0.3, -0.25) is 10.1 Å². The molecular formula is C19H25N5O3. The van der Waals surface area contributed by atoms with Gasteiger partial charge in [0.1, 0.15) is 5.82 Å². The van der Waals surface area contributed by atoms with Crippen molar-refractivity contribution in [3.05, 3.63) is 35.8 Å². The van der Waals surface area contributed by atoms with E-state index >= 15 is 0 Å². The fourth-order valence-corrected chi connectivity index (χ4v) is 3.20. The van der Waals surface area contributed by atoms with E-state index in [1.807, 2.05) is 31.4 Å². The molecule has 4 N–H and O–H groups in total. The van der Waals surface area contributed by atoms with Crippen LogP contribution in [-0.4, -0.2) is 47.6 Å². The van der Waals surface area contributed by atoms with Crippen molar-refractivity contribution in [1.29, 1.82) is 0 Å². The molecule has 1 aromatic heterocycles. The van der Waals surface area contributed by atoms with Gasteiger partial charge in [0.25, 0.3) is 0 Å². The minimum atomic E-state index is -0.516. The summed E-state index contributed by atoms with van der Waals surface area (Å²) in [7, 11) is 3.14. The summed E-state index contributed by atoms with van der Waals surface area (Å²) in [5.41, 5.74) is 9.68. The van der Waals surface area contributed by atoms with Crippen molar-refractivity contribution in [2.24, 2.45) is 5.73 Å². The van der Waals surface area contributed by atoms with Gasteiger partial charge in [0.2, 0.25) is 5.91 Å². The molecule has 2 bridgehead atoms. The lowest BCUT2D eigenvalue weighted by Crippen LogP contribution is -2.28. The third kappa shape index (κ3) is 4.46. The molecule has 1 atom stereocenters. The summed E-state index contributed by atoms with van der Waals surface area (Å²) in [6.45, 7) is 0.660. The zero-order chi connectivity index (χ0) is 19.4. The molecular weight excluding hydrogens is 346 g/mol. The Kier molecular flexibility index (Phi) is 5.75. The largest absolute Gasteiger partial charge is 0.453 e. The van der Waals surface area contributed by atoms with Gasteiger partial charge in [-0.2, -0.15) is 0 Å². The number of hydrogen-bond acceptors (Lipinski definition) is 5. The van der Waals surface area contributed by atoms with Crippen LogP contribution in [0, 0.1) is 0 Å². The predicted molar refractivity (Wildman–Crippen MR) is 102 cm³/mol. The number of hydrogen-bond donors (Lipinski definition) is 3. The molecule has 27 heavy (non-hydrogen) atoms. The fourth-order valence-electron chi connectivity index (χ4n) is 3.20. The number of H-pyrrole nitrogens is 1. The highest BCUT2D eigenvalue weighted by Crippen LogP contribution is 2.28. The fraction of sp³-hybridized carbons (Fsp3) is 0.421. The highest BCUT2D eigenvalue weighted by molar-refractivity contribution is 5.85. The minimum absolute atomic E-state index is 0.0813. The van der Waals surface area contributed by atoms with Crippen LogP contribution in [0.5, 0.6) is 0 Å². The van der Waals surface area contributed by atoms with Gasteiger partial charge in [-0.15, -0.1) is 0 Å². The Hall–Kier alpha value is -2.87. The maximum Gasteiger partial charge on any atom is 0.411 e. The maximum absolute atomic E-state index is 12.3. The Balaban J connectivity index is 1.95. The standard InChI is InChI=1S/C19H25N5O3/c1-24-9-3-4-12-10-13(22-19(26)27-2)5-6-14(12)16-11-21-18(23-16)15(20)7-8-17(24)25/h5-6,10-11,15H,3-4,7-9,20H2,1-2H3,(H,21,23)(H,22,26)/t15-/m0/s1. The highest BCUT2D eigenvalue weighted by Gasteiger charge is 2.18. The molecule has 3 rings (SSSR count). The van der Waals surface area contributed by atoms with Crippen molar-refractivity contribution in [3.63, 3.8) is 0 Å². The van der Waals surface area contributed by atoms with Crippen molar-refractivity contribution < 1.29 is 14.3 Å². The van der Waals surface area contributed by atoms with Crippen LogP contribution in [0.3, 0.4) is 0 Å². The van der Waals surface area contributed by atoms with Crippen LogP contribution in [0.1, 0.15) is 36.7 Å². The summed E-state index contributed by atoms with van der Waals surface area (Å²) >= 11 is 0. The maximum atomic E-state index is 12.3. The van der Waals surface area contributed by atoms with E-state index in [1.54, 1.807) is 4.90 Å². The molecule has 0 fully saturated rings. The van der Waals surface area contributed by atoms with Crippen LogP contribution in [0.25, 0.3) is 11.3 Å². The molecule has 0 spiro atoms. The number of carbonyl (C=O) groups excluding carboxylic acids is 2. The Morgan fingerprint density at radius 1 is 1.41 bits per heavy atom. The van der Waals surface area contributed by atoms with E-state index in [9.17, 15) is 9.59 Å². The van der Waals surface area contributed by atoms with Gasteiger partial charge in [-0.25, -0.2) is 9.78 Å². The van der Waals surface area contributed by atoms with Gasteiger partial charge in [-0.05, 0) is 37.0 Å². The lowest BCUT2D eigenvalue weighted by Gasteiger charge is -2.18. The smallest absolute Gasteiger partial charge is 0.411 e. The van der Waals surface area contributed by atoms with Gasteiger partial charge in [0.05, 0.1) is 18.8 Å². The summed E-state index contributed by atoms with van der Waals surface area (Å²) in [6.07, 6.45) is 3.82.